The van der Waals surface area contributed by atoms with E-state index in [2.05, 4.69) is 31.3 Å². The lowest BCUT2D eigenvalue weighted by atomic mass is 9.96. The van der Waals surface area contributed by atoms with Gasteiger partial charge >= 0.3 is 0 Å². The average Bonchev–Trinajstić information content (AvgIpc) is 2.69. The molecule has 0 aliphatic rings. The molecular formula is C23H34N2O4. The Morgan fingerprint density at radius 3 is 2.14 bits per heavy atom. The van der Waals surface area contributed by atoms with E-state index in [4.69, 9.17) is 21.1 Å². The van der Waals surface area contributed by atoms with Crippen molar-refractivity contribution in [2.75, 3.05) is 19.7 Å². The highest BCUT2D eigenvalue weighted by Gasteiger charge is 2.14. The molecular weight excluding hydrogens is 368 g/mol. The predicted octanol–water partition coefficient (Wildman–Crippen LogP) is 2.70. The van der Waals surface area contributed by atoms with E-state index in [1.165, 1.54) is 17.7 Å². The molecule has 0 heterocycles. The molecule has 1 atom stereocenters. The SMILES string of the molecule is CC(C)Cc1ccc(C(C)C(=O)NCCO)cc1.NCCc1ccc(O)c(O)c1. The van der Waals surface area contributed by atoms with E-state index in [0.29, 0.717) is 25.4 Å². The van der Waals surface area contributed by atoms with Crippen LogP contribution in [0.5, 0.6) is 11.5 Å². The molecule has 0 aliphatic carbocycles. The van der Waals surface area contributed by atoms with E-state index in [1.54, 1.807) is 6.07 Å². The zero-order chi connectivity index (χ0) is 21.8. The summed E-state index contributed by atoms with van der Waals surface area (Å²) < 4.78 is 0. The van der Waals surface area contributed by atoms with Crippen LogP contribution in [-0.2, 0) is 17.6 Å². The average molecular weight is 403 g/mol. The standard InChI is InChI=1S/C15H23NO2.C8H11NO2/c1-11(2)10-13-4-6-14(7-5-13)12(3)15(18)16-8-9-17;9-4-3-6-1-2-7(10)8(11)5-6/h4-7,11-12,17H,8-10H2,1-3H3,(H,16,18);1-2,5,10-11H,3-4,9H2. The highest BCUT2D eigenvalue weighted by Crippen LogP contribution is 2.24. The molecule has 1 amide bonds. The molecule has 0 saturated heterocycles. The van der Waals surface area contributed by atoms with Crippen molar-refractivity contribution in [3.63, 3.8) is 0 Å². The Bertz CT molecular complexity index is 745. The fourth-order valence-corrected chi connectivity index (χ4v) is 2.79. The minimum Gasteiger partial charge on any atom is -0.504 e. The van der Waals surface area contributed by atoms with Crippen molar-refractivity contribution in [2.24, 2.45) is 11.7 Å². The molecule has 2 aromatic carbocycles. The minimum atomic E-state index is -0.176. The van der Waals surface area contributed by atoms with Crippen molar-refractivity contribution < 1.29 is 20.1 Å². The number of aromatic hydroxyl groups is 2. The van der Waals surface area contributed by atoms with Crippen LogP contribution in [0.15, 0.2) is 42.5 Å². The monoisotopic (exact) mass is 402 g/mol. The number of phenols is 2. The van der Waals surface area contributed by atoms with Gasteiger partial charge in [-0.2, -0.15) is 0 Å². The molecule has 0 saturated carbocycles. The number of phenolic OH excluding ortho intramolecular Hbond substituents is 2. The van der Waals surface area contributed by atoms with E-state index in [1.807, 2.05) is 19.1 Å². The van der Waals surface area contributed by atoms with Crippen LogP contribution in [0.25, 0.3) is 0 Å². The summed E-state index contributed by atoms with van der Waals surface area (Å²) in [5.41, 5.74) is 8.55. The number of aliphatic hydroxyl groups excluding tert-OH is 1. The Kier molecular flexibility index (Phi) is 10.8. The highest BCUT2D eigenvalue weighted by atomic mass is 16.3. The number of hydrogen-bond acceptors (Lipinski definition) is 5. The molecule has 2 aromatic rings. The van der Waals surface area contributed by atoms with Crippen LogP contribution in [0.4, 0.5) is 0 Å². The van der Waals surface area contributed by atoms with Crippen LogP contribution in [0.2, 0.25) is 0 Å². The summed E-state index contributed by atoms with van der Waals surface area (Å²) in [7, 11) is 0. The second-order valence-corrected chi connectivity index (χ2v) is 7.44. The van der Waals surface area contributed by atoms with Crippen molar-refractivity contribution >= 4 is 5.91 Å². The van der Waals surface area contributed by atoms with Crippen LogP contribution in [0, 0.1) is 5.92 Å². The maximum Gasteiger partial charge on any atom is 0.227 e. The van der Waals surface area contributed by atoms with Gasteiger partial charge < -0.3 is 26.4 Å². The number of aliphatic hydroxyl groups is 1. The second kappa shape index (κ2) is 12.8. The third kappa shape index (κ3) is 8.98. The summed E-state index contributed by atoms with van der Waals surface area (Å²) in [5.74, 6) is 0.244. The summed E-state index contributed by atoms with van der Waals surface area (Å²) in [5, 5.41) is 29.3. The number of amides is 1. The molecule has 0 aliphatic heterocycles. The quantitative estimate of drug-likeness (QED) is 0.435. The third-order valence-electron chi connectivity index (χ3n) is 4.40. The van der Waals surface area contributed by atoms with E-state index >= 15 is 0 Å². The smallest absolute Gasteiger partial charge is 0.227 e. The van der Waals surface area contributed by atoms with Crippen molar-refractivity contribution in [1.82, 2.24) is 5.32 Å². The topological polar surface area (TPSA) is 116 Å². The predicted molar refractivity (Wildman–Crippen MR) is 116 cm³/mol. The Morgan fingerprint density at radius 2 is 1.62 bits per heavy atom. The molecule has 0 radical (unpaired) electrons. The first kappa shape index (κ1) is 24.5. The maximum atomic E-state index is 11.7. The van der Waals surface area contributed by atoms with Crippen LogP contribution < -0.4 is 11.1 Å². The third-order valence-corrected chi connectivity index (χ3v) is 4.40. The van der Waals surface area contributed by atoms with Crippen molar-refractivity contribution in [2.45, 2.75) is 39.5 Å². The van der Waals surface area contributed by atoms with Gasteiger partial charge in [0.05, 0.1) is 12.5 Å². The van der Waals surface area contributed by atoms with Gasteiger partial charge in [0.1, 0.15) is 0 Å². The number of nitrogens with one attached hydrogen (secondary N) is 1. The van der Waals surface area contributed by atoms with Gasteiger partial charge in [0.25, 0.3) is 0 Å². The lowest BCUT2D eigenvalue weighted by Crippen LogP contribution is -2.30. The van der Waals surface area contributed by atoms with Crippen molar-refractivity contribution in [1.29, 1.82) is 0 Å². The van der Waals surface area contributed by atoms with Crippen LogP contribution in [0.1, 0.15) is 43.4 Å². The van der Waals surface area contributed by atoms with E-state index in [-0.39, 0.29) is 29.9 Å². The van der Waals surface area contributed by atoms with Gasteiger partial charge in [-0.25, -0.2) is 0 Å². The molecule has 6 nitrogen and oxygen atoms in total. The van der Waals surface area contributed by atoms with Gasteiger partial charge in [-0.05, 0) is 61.1 Å². The molecule has 6 heteroatoms. The Labute approximate surface area is 173 Å². The van der Waals surface area contributed by atoms with Gasteiger partial charge in [0.2, 0.25) is 5.91 Å². The summed E-state index contributed by atoms with van der Waals surface area (Å²) in [6.07, 6.45) is 1.78. The summed E-state index contributed by atoms with van der Waals surface area (Å²) in [4.78, 5) is 11.7. The number of benzene rings is 2. The largest absolute Gasteiger partial charge is 0.504 e. The van der Waals surface area contributed by atoms with Crippen LogP contribution in [-0.4, -0.2) is 40.9 Å². The molecule has 0 bridgehead atoms. The van der Waals surface area contributed by atoms with Crippen LogP contribution >= 0.6 is 0 Å². The highest BCUT2D eigenvalue weighted by molar-refractivity contribution is 5.83. The van der Waals surface area contributed by atoms with Gasteiger partial charge in [-0.3, -0.25) is 4.79 Å². The maximum absolute atomic E-state index is 11.7. The molecule has 29 heavy (non-hydrogen) atoms. The van der Waals surface area contributed by atoms with Gasteiger partial charge in [0, 0.05) is 6.54 Å². The summed E-state index contributed by atoms with van der Waals surface area (Å²) in [6.45, 7) is 7.10. The molecule has 2 rings (SSSR count). The molecule has 160 valence electrons. The number of hydrogen-bond donors (Lipinski definition) is 5. The second-order valence-electron chi connectivity index (χ2n) is 7.44. The zero-order valence-electron chi connectivity index (χ0n) is 17.6. The molecule has 1 unspecified atom stereocenters. The lowest BCUT2D eigenvalue weighted by molar-refractivity contribution is -0.122. The normalized spacial score (nSPS) is 11.5. The fourth-order valence-electron chi connectivity index (χ4n) is 2.79. The number of carbonyl (C=O) groups excluding carboxylic acids is 1. The number of rotatable bonds is 8. The van der Waals surface area contributed by atoms with E-state index in [9.17, 15) is 4.79 Å². The minimum absolute atomic E-state index is 0.0220. The van der Waals surface area contributed by atoms with Crippen LogP contribution in [0.3, 0.4) is 0 Å². The van der Waals surface area contributed by atoms with Gasteiger partial charge in [0.15, 0.2) is 11.5 Å². The Morgan fingerprint density at radius 1 is 1.00 bits per heavy atom. The lowest BCUT2D eigenvalue weighted by Gasteiger charge is -2.13. The number of nitrogens with two attached hydrogens (primary N) is 1. The molecule has 0 spiro atoms. The zero-order valence-corrected chi connectivity index (χ0v) is 17.6. The van der Waals surface area contributed by atoms with E-state index < -0.39 is 0 Å². The fraction of sp³-hybridized carbons (Fsp3) is 0.435. The van der Waals surface area contributed by atoms with Gasteiger partial charge in [-0.1, -0.05) is 44.2 Å². The Balaban J connectivity index is 0.000000326. The molecule has 0 aromatic heterocycles. The Hall–Kier alpha value is -2.57. The van der Waals surface area contributed by atoms with Gasteiger partial charge in [-0.15, -0.1) is 0 Å². The van der Waals surface area contributed by atoms with Crippen molar-refractivity contribution in [3.05, 3.63) is 59.2 Å². The summed E-state index contributed by atoms with van der Waals surface area (Å²) in [6, 6.07) is 12.9. The summed E-state index contributed by atoms with van der Waals surface area (Å²) >= 11 is 0. The number of carbonyl (C=O) groups is 1. The molecule has 0 fully saturated rings. The molecule has 6 N–H and O–H groups in total. The first-order valence-electron chi connectivity index (χ1n) is 9.96. The first-order valence-corrected chi connectivity index (χ1v) is 9.96. The van der Waals surface area contributed by atoms with E-state index in [0.717, 1.165) is 17.5 Å². The van der Waals surface area contributed by atoms with Crippen molar-refractivity contribution in [3.8, 4) is 11.5 Å². The first-order chi connectivity index (χ1) is 13.8.